The second-order valence-electron chi connectivity index (χ2n) is 5.00. The molecule has 0 aliphatic rings. The van der Waals surface area contributed by atoms with Crippen LogP contribution in [0.5, 0.6) is 0 Å². The molecule has 19 heavy (non-hydrogen) atoms. The summed E-state index contributed by atoms with van der Waals surface area (Å²) >= 11 is 0. The van der Waals surface area contributed by atoms with Crippen LogP contribution in [0.3, 0.4) is 0 Å². The summed E-state index contributed by atoms with van der Waals surface area (Å²) in [6.45, 7) is 3.35. The predicted molar refractivity (Wildman–Crippen MR) is 76.6 cm³/mol. The molecule has 1 aromatic heterocycles. The van der Waals surface area contributed by atoms with Crippen molar-refractivity contribution in [2.75, 3.05) is 5.32 Å². The van der Waals surface area contributed by atoms with E-state index in [0.717, 1.165) is 16.8 Å². The van der Waals surface area contributed by atoms with Crippen LogP contribution in [0.15, 0.2) is 48.8 Å². The van der Waals surface area contributed by atoms with Crippen molar-refractivity contribution in [2.45, 2.75) is 19.4 Å². The minimum absolute atomic E-state index is 0.212. The molecule has 0 atom stereocenters. The zero-order valence-electron chi connectivity index (χ0n) is 11.1. The molecule has 4 nitrogen and oxygen atoms in total. The Bertz CT molecular complexity index is 573. The van der Waals surface area contributed by atoms with E-state index in [1.807, 2.05) is 36.4 Å². The summed E-state index contributed by atoms with van der Waals surface area (Å²) in [7, 11) is 0. The monoisotopic (exact) mass is 255 g/mol. The molecular weight excluding hydrogens is 238 g/mol. The standard InChI is InChI=1S/C15H17N3O/c1-15(2,16)14(19)18-13-7-3-5-11(9-13)12-6-4-8-17-10-12/h3-10H,16H2,1-2H3,(H,18,19). The molecule has 0 aliphatic carbocycles. The van der Waals surface area contributed by atoms with Crippen LogP contribution in [0.4, 0.5) is 5.69 Å². The molecule has 0 unspecified atom stereocenters. The maximum Gasteiger partial charge on any atom is 0.243 e. The van der Waals surface area contributed by atoms with Crippen molar-refractivity contribution in [3.63, 3.8) is 0 Å². The average Bonchev–Trinajstić information content (AvgIpc) is 2.39. The van der Waals surface area contributed by atoms with E-state index >= 15 is 0 Å². The first-order valence-electron chi connectivity index (χ1n) is 6.07. The van der Waals surface area contributed by atoms with Gasteiger partial charge in [-0.15, -0.1) is 0 Å². The first-order valence-corrected chi connectivity index (χ1v) is 6.07. The summed E-state index contributed by atoms with van der Waals surface area (Å²) in [4.78, 5) is 15.9. The molecule has 1 aromatic carbocycles. The number of aromatic nitrogens is 1. The van der Waals surface area contributed by atoms with Crippen LogP contribution in [0.25, 0.3) is 11.1 Å². The van der Waals surface area contributed by atoms with Crippen LogP contribution in [-0.4, -0.2) is 16.4 Å². The fourth-order valence-corrected chi connectivity index (χ4v) is 1.60. The number of anilines is 1. The zero-order chi connectivity index (χ0) is 13.9. The van der Waals surface area contributed by atoms with Gasteiger partial charge >= 0.3 is 0 Å². The van der Waals surface area contributed by atoms with Crippen LogP contribution in [0.1, 0.15) is 13.8 Å². The molecule has 4 heteroatoms. The quantitative estimate of drug-likeness (QED) is 0.885. The van der Waals surface area contributed by atoms with Crippen LogP contribution < -0.4 is 11.1 Å². The summed E-state index contributed by atoms with van der Waals surface area (Å²) in [6.07, 6.45) is 3.51. The number of rotatable bonds is 3. The van der Waals surface area contributed by atoms with Gasteiger partial charge in [0, 0.05) is 23.6 Å². The summed E-state index contributed by atoms with van der Waals surface area (Å²) in [5.74, 6) is -0.212. The second kappa shape index (κ2) is 5.20. The number of nitrogens with zero attached hydrogens (tertiary/aromatic N) is 1. The Kier molecular flexibility index (Phi) is 3.62. The molecule has 0 radical (unpaired) electrons. The van der Waals surface area contributed by atoms with E-state index in [1.165, 1.54) is 0 Å². The van der Waals surface area contributed by atoms with Crippen LogP contribution >= 0.6 is 0 Å². The van der Waals surface area contributed by atoms with Gasteiger partial charge in [-0.2, -0.15) is 0 Å². The third kappa shape index (κ3) is 3.39. The first kappa shape index (κ1) is 13.2. The molecule has 2 rings (SSSR count). The van der Waals surface area contributed by atoms with Crippen LogP contribution in [0.2, 0.25) is 0 Å². The maximum absolute atomic E-state index is 11.8. The van der Waals surface area contributed by atoms with Gasteiger partial charge in [0.25, 0.3) is 0 Å². The van der Waals surface area contributed by atoms with E-state index in [0.29, 0.717) is 0 Å². The number of carbonyl (C=O) groups is 1. The Morgan fingerprint density at radius 1 is 1.21 bits per heavy atom. The summed E-state index contributed by atoms with van der Waals surface area (Å²) < 4.78 is 0. The number of nitrogens with one attached hydrogen (secondary N) is 1. The van der Waals surface area contributed by atoms with Crippen LogP contribution in [-0.2, 0) is 4.79 Å². The fraction of sp³-hybridized carbons (Fsp3) is 0.200. The molecule has 0 saturated heterocycles. The Hall–Kier alpha value is -2.20. The summed E-state index contributed by atoms with van der Waals surface area (Å²) in [6, 6.07) is 11.5. The molecule has 1 amide bonds. The zero-order valence-corrected chi connectivity index (χ0v) is 11.1. The minimum atomic E-state index is -0.899. The molecule has 98 valence electrons. The maximum atomic E-state index is 11.8. The van der Waals surface area contributed by atoms with E-state index in [1.54, 1.807) is 26.2 Å². The lowest BCUT2D eigenvalue weighted by molar-refractivity contribution is -0.120. The smallest absolute Gasteiger partial charge is 0.243 e. The third-order valence-electron chi connectivity index (χ3n) is 2.70. The first-order chi connectivity index (χ1) is 8.97. The molecule has 0 bridgehead atoms. The van der Waals surface area contributed by atoms with Crippen molar-refractivity contribution in [3.05, 3.63) is 48.8 Å². The highest BCUT2D eigenvalue weighted by atomic mass is 16.2. The number of pyridine rings is 1. The molecule has 0 spiro atoms. The number of hydrogen-bond acceptors (Lipinski definition) is 3. The largest absolute Gasteiger partial charge is 0.324 e. The van der Waals surface area contributed by atoms with Crippen molar-refractivity contribution in [2.24, 2.45) is 5.73 Å². The van der Waals surface area contributed by atoms with E-state index in [9.17, 15) is 4.79 Å². The Balaban J connectivity index is 2.24. The molecule has 2 aromatic rings. The predicted octanol–water partition coefficient (Wildman–Crippen LogP) is 2.42. The van der Waals surface area contributed by atoms with E-state index in [-0.39, 0.29) is 5.91 Å². The van der Waals surface area contributed by atoms with Gasteiger partial charge < -0.3 is 11.1 Å². The van der Waals surface area contributed by atoms with E-state index < -0.39 is 5.54 Å². The molecule has 0 fully saturated rings. The Labute approximate surface area is 112 Å². The van der Waals surface area contributed by atoms with Gasteiger partial charge in [-0.1, -0.05) is 18.2 Å². The van der Waals surface area contributed by atoms with E-state index in [4.69, 9.17) is 5.73 Å². The van der Waals surface area contributed by atoms with Gasteiger partial charge in [-0.3, -0.25) is 9.78 Å². The van der Waals surface area contributed by atoms with Gasteiger partial charge in [-0.05, 0) is 37.6 Å². The Morgan fingerprint density at radius 3 is 2.58 bits per heavy atom. The molecule has 0 aliphatic heterocycles. The topological polar surface area (TPSA) is 68.0 Å². The molecule has 0 saturated carbocycles. The van der Waals surface area contributed by atoms with Gasteiger partial charge in [0.05, 0.1) is 5.54 Å². The lowest BCUT2D eigenvalue weighted by atomic mass is 10.0. The number of amides is 1. The van der Waals surface area contributed by atoms with Crippen molar-refractivity contribution < 1.29 is 4.79 Å². The third-order valence-corrected chi connectivity index (χ3v) is 2.70. The number of carbonyl (C=O) groups excluding carboxylic acids is 1. The Morgan fingerprint density at radius 2 is 1.95 bits per heavy atom. The molecular formula is C15H17N3O. The van der Waals surface area contributed by atoms with Gasteiger partial charge in [0.2, 0.25) is 5.91 Å². The normalized spacial score (nSPS) is 11.1. The molecule has 1 heterocycles. The number of benzene rings is 1. The average molecular weight is 255 g/mol. The highest BCUT2D eigenvalue weighted by Gasteiger charge is 2.21. The minimum Gasteiger partial charge on any atom is -0.324 e. The molecule has 3 N–H and O–H groups in total. The van der Waals surface area contributed by atoms with Crippen LogP contribution in [0, 0.1) is 0 Å². The van der Waals surface area contributed by atoms with Gasteiger partial charge in [0.15, 0.2) is 0 Å². The lowest BCUT2D eigenvalue weighted by Crippen LogP contribution is -2.45. The van der Waals surface area contributed by atoms with Crippen molar-refractivity contribution in [3.8, 4) is 11.1 Å². The SMILES string of the molecule is CC(C)(N)C(=O)Nc1cccc(-c2cccnc2)c1. The van der Waals surface area contributed by atoms with Gasteiger partial charge in [0.1, 0.15) is 0 Å². The van der Waals surface area contributed by atoms with Crippen molar-refractivity contribution >= 4 is 11.6 Å². The van der Waals surface area contributed by atoms with E-state index in [2.05, 4.69) is 10.3 Å². The highest BCUT2D eigenvalue weighted by molar-refractivity contribution is 5.97. The summed E-state index contributed by atoms with van der Waals surface area (Å²) in [5, 5.41) is 2.81. The lowest BCUT2D eigenvalue weighted by Gasteiger charge is -2.18. The summed E-state index contributed by atoms with van der Waals surface area (Å²) in [5.41, 5.74) is 7.59. The highest BCUT2D eigenvalue weighted by Crippen LogP contribution is 2.22. The number of hydrogen-bond donors (Lipinski definition) is 2. The van der Waals surface area contributed by atoms with Crippen molar-refractivity contribution in [1.82, 2.24) is 4.98 Å². The van der Waals surface area contributed by atoms with Gasteiger partial charge in [-0.25, -0.2) is 0 Å². The second-order valence-corrected chi connectivity index (χ2v) is 5.00. The van der Waals surface area contributed by atoms with Crippen molar-refractivity contribution in [1.29, 1.82) is 0 Å². The fourth-order valence-electron chi connectivity index (χ4n) is 1.60. The number of nitrogens with two attached hydrogens (primary N) is 1.